The topological polar surface area (TPSA) is 109 Å². The van der Waals surface area contributed by atoms with Gasteiger partial charge in [-0.15, -0.1) is 0 Å². The van der Waals surface area contributed by atoms with Crippen LogP contribution in [0.2, 0.25) is 0 Å². The third kappa shape index (κ3) is 6.02. The number of hydrogen-bond acceptors (Lipinski definition) is 6. The van der Waals surface area contributed by atoms with E-state index in [-0.39, 0.29) is 34.1 Å². The Morgan fingerprint density at radius 3 is 1.00 bits per heavy atom. The number of carbonyl (C=O) groups is 6. The Bertz CT molecular complexity index is 2560. The van der Waals surface area contributed by atoms with E-state index in [0.29, 0.717) is 57.3 Å². The number of imide groups is 2. The molecule has 2 aliphatic heterocycles. The van der Waals surface area contributed by atoms with E-state index >= 15 is 26.3 Å². The van der Waals surface area contributed by atoms with Crippen molar-refractivity contribution in [2.24, 2.45) is 0 Å². The zero-order valence-corrected chi connectivity index (χ0v) is 30.0. The van der Waals surface area contributed by atoms with Gasteiger partial charge in [0, 0.05) is 22.3 Å². The first kappa shape index (κ1) is 38.4. The van der Waals surface area contributed by atoms with Gasteiger partial charge < -0.3 is 0 Å². The molecule has 6 aromatic rings. The molecule has 0 bridgehead atoms. The van der Waals surface area contributed by atoms with E-state index in [4.69, 9.17) is 0 Å². The van der Waals surface area contributed by atoms with Crippen LogP contribution in [0.25, 0.3) is 0 Å². The van der Waals surface area contributed by atoms with E-state index in [1.165, 1.54) is 48.5 Å². The fraction of sp³-hybridized carbons (Fsp3) is 0.0667. The summed E-state index contributed by atoms with van der Waals surface area (Å²) in [7, 11) is 0. The second kappa shape index (κ2) is 13.9. The van der Waals surface area contributed by atoms with Gasteiger partial charge in [-0.3, -0.25) is 28.8 Å². The number of fused-ring (bicyclic) bond motifs is 2. The lowest BCUT2D eigenvalue weighted by molar-refractivity contribution is -0.288. The third-order valence-electron chi connectivity index (χ3n) is 10.3. The van der Waals surface area contributed by atoms with Gasteiger partial charge in [0.25, 0.3) is 23.6 Å². The lowest BCUT2D eigenvalue weighted by Crippen LogP contribution is -2.55. The van der Waals surface area contributed by atoms with Gasteiger partial charge in [-0.1, -0.05) is 72.8 Å². The van der Waals surface area contributed by atoms with Crippen LogP contribution in [0.5, 0.6) is 0 Å². The van der Waals surface area contributed by atoms with Crippen molar-refractivity contribution in [2.75, 3.05) is 9.80 Å². The van der Waals surface area contributed by atoms with Gasteiger partial charge in [-0.2, -0.15) is 26.3 Å². The maximum atomic E-state index is 15.3. The molecule has 0 radical (unpaired) electrons. The predicted molar refractivity (Wildman–Crippen MR) is 201 cm³/mol. The Labute approximate surface area is 329 Å². The number of amides is 4. The van der Waals surface area contributed by atoms with E-state index in [1.807, 2.05) is 0 Å². The summed E-state index contributed by atoms with van der Waals surface area (Å²) in [6.07, 6.45) is -12.3. The van der Waals surface area contributed by atoms with Crippen molar-refractivity contribution in [1.82, 2.24) is 0 Å². The van der Waals surface area contributed by atoms with Crippen molar-refractivity contribution in [2.45, 2.75) is 17.8 Å². The zero-order valence-electron chi connectivity index (χ0n) is 30.0. The molecule has 0 unspecified atom stereocenters. The summed E-state index contributed by atoms with van der Waals surface area (Å²) in [5.74, 6) is -5.24. The van der Waals surface area contributed by atoms with E-state index in [9.17, 15) is 28.8 Å². The molecule has 8 nitrogen and oxygen atoms in total. The number of ketones is 2. The second-order valence-electron chi connectivity index (χ2n) is 13.6. The first-order chi connectivity index (χ1) is 28.0. The molecule has 0 saturated carbocycles. The third-order valence-corrected chi connectivity index (χ3v) is 10.3. The van der Waals surface area contributed by atoms with Gasteiger partial charge >= 0.3 is 12.4 Å². The molecule has 0 aromatic heterocycles. The molecule has 2 heterocycles. The number of nitrogens with zero attached hydrogens (tertiary/aromatic N) is 2. The van der Waals surface area contributed by atoms with Crippen LogP contribution in [0.1, 0.15) is 84.4 Å². The molecular weight excluding hydrogens is 778 g/mol. The quantitative estimate of drug-likeness (QED) is 0.0863. The molecule has 0 atom stereocenters. The number of anilines is 2. The van der Waals surface area contributed by atoms with Gasteiger partial charge in [0.05, 0.1) is 33.6 Å². The number of rotatable bonds is 8. The Morgan fingerprint density at radius 1 is 0.373 bits per heavy atom. The minimum Gasteiger partial charge on any atom is -0.289 e. The fourth-order valence-corrected chi connectivity index (χ4v) is 7.44. The molecule has 0 aliphatic carbocycles. The van der Waals surface area contributed by atoms with Crippen LogP contribution < -0.4 is 9.80 Å². The summed E-state index contributed by atoms with van der Waals surface area (Å²) >= 11 is 0. The van der Waals surface area contributed by atoms with E-state index in [2.05, 4.69) is 0 Å². The molecule has 0 N–H and O–H groups in total. The van der Waals surface area contributed by atoms with Crippen molar-refractivity contribution < 1.29 is 55.1 Å². The molecule has 2 aliphatic rings. The van der Waals surface area contributed by atoms with Gasteiger partial charge in [-0.05, 0) is 83.9 Å². The zero-order chi connectivity index (χ0) is 42.0. The van der Waals surface area contributed by atoms with Crippen LogP contribution in [0.15, 0.2) is 146 Å². The molecular formula is C45H24F6N2O6. The van der Waals surface area contributed by atoms with Crippen molar-refractivity contribution >= 4 is 46.6 Å². The average Bonchev–Trinajstić information content (AvgIpc) is 3.63. The molecule has 0 saturated heterocycles. The van der Waals surface area contributed by atoms with E-state index < -0.39 is 74.8 Å². The van der Waals surface area contributed by atoms with Crippen LogP contribution in [0.4, 0.5) is 37.7 Å². The minimum atomic E-state index is -6.16. The maximum Gasteiger partial charge on any atom is 0.411 e. The molecule has 6 aromatic carbocycles. The summed E-state index contributed by atoms with van der Waals surface area (Å²) < 4.78 is 92.0. The highest BCUT2D eigenvalue weighted by Crippen LogP contribution is 2.57. The molecule has 59 heavy (non-hydrogen) atoms. The van der Waals surface area contributed by atoms with Gasteiger partial charge in [-0.25, -0.2) is 9.80 Å². The SMILES string of the molecule is O=C(c1ccccc1)c1ccc(N2C(=O)c3ccc(C(c4ccc5c(c4)C(=O)N(c4ccc(C(=O)c6ccccc6)cc4)C5=O)(C(F)(F)F)C(F)(F)F)cc3C2=O)cc1. The van der Waals surface area contributed by atoms with Gasteiger partial charge in [0.1, 0.15) is 0 Å². The number of carbonyl (C=O) groups excluding carboxylic acids is 6. The van der Waals surface area contributed by atoms with Crippen LogP contribution >= 0.6 is 0 Å². The average molecular weight is 803 g/mol. The monoisotopic (exact) mass is 802 g/mol. The largest absolute Gasteiger partial charge is 0.411 e. The number of alkyl halides is 6. The molecule has 8 rings (SSSR count). The van der Waals surface area contributed by atoms with Crippen molar-refractivity contribution in [1.29, 1.82) is 0 Å². The molecule has 14 heteroatoms. The Hall–Kier alpha value is -7.48. The van der Waals surface area contributed by atoms with Crippen LogP contribution in [-0.4, -0.2) is 47.5 Å². The predicted octanol–water partition coefficient (Wildman–Crippen LogP) is 9.16. The van der Waals surface area contributed by atoms with Crippen LogP contribution in [-0.2, 0) is 5.41 Å². The first-order valence-corrected chi connectivity index (χ1v) is 17.6. The number of halogens is 6. The molecule has 0 spiro atoms. The summed E-state index contributed by atoms with van der Waals surface area (Å²) in [5.41, 5.74) is -9.36. The Morgan fingerprint density at radius 2 is 0.678 bits per heavy atom. The number of benzene rings is 6. The normalized spacial score (nSPS) is 14.1. The smallest absolute Gasteiger partial charge is 0.289 e. The lowest BCUT2D eigenvalue weighted by Gasteiger charge is -2.38. The highest BCUT2D eigenvalue weighted by atomic mass is 19.4. The molecule has 4 amide bonds. The van der Waals surface area contributed by atoms with Crippen LogP contribution in [0, 0.1) is 0 Å². The maximum absolute atomic E-state index is 15.3. The van der Waals surface area contributed by atoms with Crippen molar-refractivity contribution in [3.8, 4) is 0 Å². The molecule has 292 valence electrons. The van der Waals surface area contributed by atoms with Crippen molar-refractivity contribution in [3.05, 3.63) is 201 Å². The summed E-state index contributed by atoms with van der Waals surface area (Å²) in [4.78, 5) is 81.1. The first-order valence-electron chi connectivity index (χ1n) is 17.6. The van der Waals surface area contributed by atoms with Gasteiger partial charge in [0.15, 0.2) is 11.6 Å². The standard InChI is InChI=1S/C45H24F6N2O6/c46-44(47,48)43(45(49,50)51,29-15-21-33-35(23-29)41(58)52(39(33)56)31-17-11-27(12-18-31)37(54)25-7-3-1-4-8-25)30-16-22-34-36(24-30)42(59)53(40(34)57)32-19-13-28(14-20-32)38(55)26-9-5-2-6-10-26/h1-24H. The van der Waals surface area contributed by atoms with Crippen LogP contribution in [0.3, 0.4) is 0 Å². The van der Waals surface area contributed by atoms with E-state index in [0.717, 1.165) is 0 Å². The van der Waals surface area contributed by atoms with Gasteiger partial charge in [0.2, 0.25) is 5.41 Å². The summed E-state index contributed by atoms with van der Waals surface area (Å²) in [5, 5.41) is 0. The highest BCUT2D eigenvalue weighted by Gasteiger charge is 2.73. The second-order valence-corrected chi connectivity index (χ2v) is 13.6. The Kier molecular flexibility index (Phi) is 9.02. The summed E-state index contributed by atoms with van der Waals surface area (Å²) in [6, 6.07) is 29.6. The lowest BCUT2D eigenvalue weighted by atomic mass is 9.71. The van der Waals surface area contributed by atoms with E-state index in [1.54, 1.807) is 60.7 Å². The number of hydrogen-bond donors (Lipinski definition) is 0. The Balaban J connectivity index is 1.14. The summed E-state index contributed by atoms with van der Waals surface area (Å²) in [6.45, 7) is 0. The fourth-order valence-electron chi connectivity index (χ4n) is 7.44. The highest BCUT2D eigenvalue weighted by molar-refractivity contribution is 6.35. The van der Waals surface area contributed by atoms with Crippen molar-refractivity contribution in [3.63, 3.8) is 0 Å². The minimum absolute atomic E-state index is 0.0935. The molecule has 0 fully saturated rings.